The number of halogens is 6. The molecule has 0 bridgehead atoms. The minimum atomic E-state index is -4.54. The second-order valence-corrected chi connectivity index (χ2v) is 6.66. The maximum Gasteiger partial charge on any atom is 0.435 e. The number of likely N-dealkylation sites (tertiary alicyclic amines) is 1. The first kappa shape index (κ1) is 20.2. The SMILES string of the molecule is N[C@@H](CC(=O)N1CC(n2ccc(C(F)(F)F)n2)C1)Cc1cc(F)c(F)cc1F. The molecule has 0 saturated carbocycles. The van der Waals surface area contributed by atoms with Crippen LogP contribution in [0, 0.1) is 17.5 Å². The Morgan fingerprint density at radius 1 is 1.18 bits per heavy atom. The van der Waals surface area contributed by atoms with Crippen molar-refractivity contribution in [2.45, 2.75) is 31.1 Å². The van der Waals surface area contributed by atoms with Crippen LogP contribution in [0.2, 0.25) is 0 Å². The lowest BCUT2D eigenvalue weighted by Gasteiger charge is -2.39. The van der Waals surface area contributed by atoms with Crippen molar-refractivity contribution < 1.29 is 31.1 Å². The summed E-state index contributed by atoms with van der Waals surface area (Å²) in [6.45, 7) is 0.341. The summed E-state index contributed by atoms with van der Waals surface area (Å²) in [7, 11) is 0. The molecular weight excluding hydrogens is 390 g/mol. The highest BCUT2D eigenvalue weighted by atomic mass is 19.4. The Morgan fingerprint density at radius 3 is 2.43 bits per heavy atom. The van der Waals surface area contributed by atoms with E-state index in [1.54, 1.807) is 0 Å². The van der Waals surface area contributed by atoms with Gasteiger partial charge in [0.1, 0.15) is 5.82 Å². The van der Waals surface area contributed by atoms with Crippen molar-refractivity contribution in [1.29, 1.82) is 0 Å². The van der Waals surface area contributed by atoms with Crippen LogP contribution in [0.1, 0.15) is 23.7 Å². The summed E-state index contributed by atoms with van der Waals surface area (Å²) >= 11 is 0. The second kappa shape index (κ2) is 7.46. The van der Waals surface area contributed by atoms with E-state index in [0.29, 0.717) is 12.1 Å². The molecule has 2 N–H and O–H groups in total. The van der Waals surface area contributed by atoms with Crippen molar-refractivity contribution >= 4 is 5.91 Å². The van der Waals surface area contributed by atoms with E-state index in [1.165, 1.54) is 11.1 Å². The van der Waals surface area contributed by atoms with Gasteiger partial charge in [0.2, 0.25) is 5.91 Å². The molecule has 1 atom stereocenters. The van der Waals surface area contributed by atoms with Crippen LogP contribution in [0.4, 0.5) is 26.3 Å². The Hall–Kier alpha value is -2.56. The van der Waals surface area contributed by atoms with Crippen molar-refractivity contribution in [2.75, 3.05) is 13.1 Å². The van der Waals surface area contributed by atoms with E-state index < -0.39 is 35.4 Å². The van der Waals surface area contributed by atoms with Crippen molar-refractivity contribution in [1.82, 2.24) is 14.7 Å². The number of aromatic nitrogens is 2. The zero-order chi connectivity index (χ0) is 20.6. The number of benzene rings is 1. The van der Waals surface area contributed by atoms with E-state index in [2.05, 4.69) is 5.10 Å². The number of nitrogens with two attached hydrogens (primary N) is 1. The van der Waals surface area contributed by atoms with Crippen molar-refractivity contribution in [3.63, 3.8) is 0 Å². The lowest BCUT2D eigenvalue weighted by atomic mass is 10.0. The molecule has 1 saturated heterocycles. The fourth-order valence-electron chi connectivity index (χ4n) is 2.95. The van der Waals surface area contributed by atoms with Gasteiger partial charge >= 0.3 is 6.18 Å². The lowest BCUT2D eigenvalue weighted by molar-refractivity contribution is -0.143. The molecule has 2 aromatic rings. The second-order valence-electron chi connectivity index (χ2n) is 6.66. The van der Waals surface area contributed by atoms with E-state index in [0.717, 1.165) is 10.7 Å². The molecule has 1 aromatic heterocycles. The maximum atomic E-state index is 13.6. The molecular formula is C17H16F6N4O. The zero-order valence-corrected chi connectivity index (χ0v) is 14.4. The Kier molecular flexibility index (Phi) is 5.37. The van der Waals surface area contributed by atoms with Gasteiger partial charge in [-0.25, -0.2) is 13.2 Å². The summed E-state index contributed by atoms with van der Waals surface area (Å²) in [5.74, 6) is -3.84. The Morgan fingerprint density at radius 2 is 1.82 bits per heavy atom. The van der Waals surface area contributed by atoms with Gasteiger partial charge in [-0.3, -0.25) is 9.48 Å². The summed E-state index contributed by atoms with van der Waals surface area (Å²) in [6.07, 6.45) is -3.67. The minimum absolute atomic E-state index is 0.142. The highest BCUT2D eigenvalue weighted by Crippen LogP contribution is 2.29. The average Bonchev–Trinajstić information content (AvgIpc) is 3.00. The van der Waals surface area contributed by atoms with Crippen LogP contribution in [0.3, 0.4) is 0 Å². The molecule has 11 heteroatoms. The standard InChI is InChI=1S/C17H16F6N4O/c18-12-6-14(20)13(19)4-9(12)3-10(24)5-16(28)26-7-11(8-26)27-2-1-15(25-27)17(21,22)23/h1-2,4,6,10-11H,3,5,7-8,24H2/t10-/m1/s1. The van der Waals surface area contributed by atoms with E-state index in [1.807, 2.05) is 0 Å². The third-order valence-electron chi connectivity index (χ3n) is 4.50. The number of carbonyl (C=O) groups excluding carboxylic acids is 1. The molecule has 1 amide bonds. The molecule has 5 nitrogen and oxygen atoms in total. The van der Waals surface area contributed by atoms with Crippen LogP contribution in [0.15, 0.2) is 24.4 Å². The lowest BCUT2D eigenvalue weighted by Crippen LogP contribution is -2.52. The maximum absolute atomic E-state index is 13.6. The molecule has 28 heavy (non-hydrogen) atoms. The molecule has 1 aliphatic rings. The van der Waals surface area contributed by atoms with Gasteiger partial charge in [-0.15, -0.1) is 0 Å². The van der Waals surface area contributed by atoms with Crippen LogP contribution < -0.4 is 5.73 Å². The van der Waals surface area contributed by atoms with Gasteiger partial charge in [-0.05, 0) is 24.1 Å². The van der Waals surface area contributed by atoms with Gasteiger partial charge in [0.05, 0.1) is 6.04 Å². The van der Waals surface area contributed by atoms with Crippen LogP contribution in [-0.2, 0) is 17.4 Å². The third-order valence-corrected chi connectivity index (χ3v) is 4.50. The van der Waals surface area contributed by atoms with Gasteiger partial charge in [-0.2, -0.15) is 18.3 Å². The van der Waals surface area contributed by atoms with Crippen LogP contribution >= 0.6 is 0 Å². The normalized spacial score (nSPS) is 16.2. The Bertz CT molecular complexity index is 875. The molecule has 2 heterocycles. The first-order valence-corrected chi connectivity index (χ1v) is 8.33. The summed E-state index contributed by atoms with van der Waals surface area (Å²) in [5.41, 5.74) is 4.66. The first-order valence-electron chi connectivity index (χ1n) is 8.33. The van der Waals surface area contributed by atoms with Gasteiger partial charge in [0.15, 0.2) is 17.3 Å². The molecule has 0 unspecified atom stereocenters. The predicted molar refractivity (Wildman–Crippen MR) is 85.5 cm³/mol. The average molecular weight is 406 g/mol. The molecule has 0 aliphatic carbocycles. The van der Waals surface area contributed by atoms with Crippen molar-refractivity contribution in [2.24, 2.45) is 5.73 Å². The fourth-order valence-corrected chi connectivity index (χ4v) is 2.95. The van der Waals surface area contributed by atoms with Crippen LogP contribution in [0.25, 0.3) is 0 Å². The first-order chi connectivity index (χ1) is 13.0. The molecule has 152 valence electrons. The fraction of sp³-hybridized carbons (Fsp3) is 0.412. The van der Waals surface area contributed by atoms with E-state index in [9.17, 15) is 31.1 Å². The van der Waals surface area contributed by atoms with Gasteiger partial charge in [-0.1, -0.05) is 0 Å². The molecule has 3 rings (SSSR count). The summed E-state index contributed by atoms with van der Waals surface area (Å²) in [4.78, 5) is 13.6. The summed E-state index contributed by atoms with van der Waals surface area (Å²) < 4.78 is 78.6. The van der Waals surface area contributed by atoms with Gasteiger partial charge in [0, 0.05) is 37.8 Å². The summed E-state index contributed by atoms with van der Waals surface area (Å²) in [5, 5.41) is 3.46. The molecule has 1 fully saturated rings. The number of carbonyl (C=O) groups is 1. The quantitative estimate of drug-likeness (QED) is 0.614. The number of hydrogen-bond donors (Lipinski definition) is 1. The van der Waals surface area contributed by atoms with E-state index >= 15 is 0 Å². The highest BCUT2D eigenvalue weighted by Gasteiger charge is 2.37. The minimum Gasteiger partial charge on any atom is -0.338 e. The Labute approximate surface area is 155 Å². The van der Waals surface area contributed by atoms with Gasteiger partial charge < -0.3 is 10.6 Å². The molecule has 1 aliphatic heterocycles. The highest BCUT2D eigenvalue weighted by molar-refractivity contribution is 5.77. The largest absolute Gasteiger partial charge is 0.435 e. The van der Waals surface area contributed by atoms with Gasteiger partial charge in [0.25, 0.3) is 0 Å². The van der Waals surface area contributed by atoms with E-state index in [4.69, 9.17) is 5.73 Å². The third kappa shape index (κ3) is 4.29. The molecule has 1 aromatic carbocycles. The van der Waals surface area contributed by atoms with Crippen molar-refractivity contribution in [3.8, 4) is 0 Å². The topological polar surface area (TPSA) is 64.2 Å². The number of hydrogen-bond acceptors (Lipinski definition) is 3. The van der Waals surface area contributed by atoms with Crippen molar-refractivity contribution in [3.05, 3.63) is 53.1 Å². The van der Waals surface area contributed by atoms with E-state index in [-0.39, 0.29) is 43.4 Å². The summed E-state index contributed by atoms with van der Waals surface area (Å²) in [6, 6.07) is 0.771. The van der Waals surface area contributed by atoms with Crippen LogP contribution in [-0.4, -0.2) is 39.7 Å². The monoisotopic (exact) mass is 406 g/mol. The number of alkyl halides is 3. The molecule has 0 radical (unpaired) electrons. The predicted octanol–water partition coefficient (Wildman–Crippen LogP) is 2.66. The number of nitrogens with zero attached hydrogens (tertiary/aromatic N) is 3. The Balaban J connectivity index is 1.51. The molecule has 0 spiro atoms. The number of rotatable bonds is 5. The van der Waals surface area contributed by atoms with Crippen LogP contribution in [0.5, 0.6) is 0 Å². The number of amides is 1. The zero-order valence-electron chi connectivity index (χ0n) is 14.4. The smallest absolute Gasteiger partial charge is 0.338 e.